The average Bonchev–Trinajstić information content (AvgIpc) is 2.88. The van der Waals surface area contributed by atoms with Crippen molar-refractivity contribution in [2.24, 2.45) is 0 Å². The number of benzene rings is 1. The molecule has 0 amide bonds. The van der Waals surface area contributed by atoms with E-state index in [9.17, 15) is 10.1 Å². The second-order valence-electron chi connectivity index (χ2n) is 5.23. The number of fused-ring (bicyclic) bond motifs is 1. The molecule has 1 N–H and O–H groups in total. The maximum absolute atomic E-state index is 10.9. The van der Waals surface area contributed by atoms with Crippen LogP contribution < -0.4 is 5.32 Å². The molecule has 0 unspecified atom stereocenters. The molecule has 112 valence electrons. The Morgan fingerprint density at radius 1 is 1.55 bits per heavy atom. The van der Waals surface area contributed by atoms with Gasteiger partial charge in [-0.15, -0.1) is 11.3 Å². The van der Waals surface area contributed by atoms with Crippen LogP contribution in [0.3, 0.4) is 0 Å². The van der Waals surface area contributed by atoms with Crippen molar-refractivity contribution in [1.29, 1.82) is 5.26 Å². The molecule has 0 saturated carbocycles. The molecule has 0 aliphatic heterocycles. The number of hydrogen-bond donors (Lipinski definition) is 1. The Bertz CT molecular complexity index is 778. The van der Waals surface area contributed by atoms with E-state index in [1.54, 1.807) is 23.5 Å². The number of nitriles is 1. The summed E-state index contributed by atoms with van der Waals surface area (Å²) in [5.74, 6) is 0. The van der Waals surface area contributed by atoms with Gasteiger partial charge in [0.15, 0.2) is 0 Å². The molecule has 1 aliphatic carbocycles. The number of rotatable bonds is 3. The SMILES string of the molecule is Cc1nc2c(s1)[C@@H](Nc1ccc([N+](=O)[O-])c(C#N)c1)CCC2. The second-order valence-corrected chi connectivity index (χ2v) is 6.47. The van der Waals surface area contributed by atoms with Crippen molar-refractivity contribution < 1.29 is 4.92 Å². The smallest absolute Gasteiger partial charge is 0.287 e. The number of nitrogens with one attached hydrogen (secondary N) is 1. The number of nitrogens with zero attached hydrogens (tertiary/aromatic N) is 3. The van der Waals surface area contributed by atoms with Crippen LogP contribution in [0.15, 0.2) is 18.2 Å². The maximum Gasteiger partial charge on any atom is 0.287 e. The highest BCUT2D eigenvalue weighted by molar-refractivity contribution is 7.11. The normalized spacial score (nSPS) is 16.6. The van der Waals surface area contributed by atoms with Crippen molar-refractivity contribution in [2.75, 3.05) is 5.32 Å². The van der Waals surface area contributed by atoms with E-state index in [1.165, 1.54) is 10.9 Å². The van der Waals surface area contributed by atoms with Gasteiger partial charge in [-0.05, 0) is 38.3 Å². The molecular formula is C15H14N4O2S. The minimum absolute atomic E-state index is 0.0755. The Balaban J connectivity index is 1.88. The zero-order valence-corrected chi connectivity index (χ0v) is 12.8. The van der Waals surface area contributed by atoms with Crippen LogP contribution in [0.4, 0.5) is 11.4 Å². The van der Waals surface area contributed by atoms with Crippen molar-refractivity contribution in [3.8, 4) is 6.07 Å². The van der Waals surface area contributed by atoms with Crippen molar-refractivity contribution in [3.05, 3.63) is 49.5 Å². The molecule has 6 nitrogen and oxygen atoms in total. The molecule has 0 bridgehead atoms. The molecule has 22 heavy (non-hydrogen) atoms. The first-order chi connectivity index (χ1) is 10.6. The fraction of sp³-hybridized carbons (Fsp3) is 0.333. The molecule has 3 rings (SSSR count). The lowest BCUT2D eigenvalue weighted by atomic mass is 9.97. The maximum atomic E-state index is 10.9. The van der Waals surface area contributed by atoms with Crippen LogP contribution in [0.25, 0.3) is 0 Å². The van der Waals surface area contributed by atoms with E-state index >= 15 is 0 Å². The fourth-order valence-electron chi connectivity index (χ4n) is 2.76. The van der Waals surface area contributed by atoms with Crippen molar-refractivity contribution >= 4 is 22.7 Å². The van der Waals surface area contributed by atoms with E-state index in [2.05, 4.69) is 10.3 Å². The largest absolute Gasteiger partial charge is 0.377 e. The topological polar surface area (TPSA) is 91.8 Å². The Labute approximate surface area is 131 Å². The standard InChI is InChI=1S/C15H14N4O2S/c1-9-17-12-3-2-4-13(15(12)22-9)18-11-5-6-14(19(20)21)10(7-11)8-16/h5-7,13,18H,2-4H2,1H3/t13-/m0/s1. The number of thiazole rings is 1. The Kier molecular flexibility index (Phi) is 3.77. The van der Waals surface area contributed by atoms with Gasteiger partial charge in [0.25, 0.3) is 5.69 Å². The van der Waals surface area contributed by atoms with Crippen LogP contribution in [0.2, 0.25) is 0 Å². The summed E-state index contributed by atoms with van der Waals surface area (Å²) in [4.78, 5) is 16.1. The van der Waals surface area contributed by atoms with E-state index in [0.29, 0.717) is 0 Å². The molecule has 0 radical (unpaired) electrons. The molecular weight excluding hydrogens is 300 g/mol. The third-order valence-corrected chi connectivity index (χ3v) is 4.84. The van der Waals surface area contributed by atoms with E-state index in [0.717, 1.165) is 35.7 Å². The van der Waals surface area contributed by atoms with Gasteiger partial charge in [-0.1, -0.05) is 0 Å². The molecule has 1 aromatic heterocycles. The molecule has 0 fully saturated rings. The van der Waals surface area contributed by atoms with E-state index in [-0.39, 0.29) is 17.3 Å². The van der Waals surface area contributed by atoms with Gasteiger partial charge in [0, 0.05) is 11.8 Å². The summed E-state index contributed by atoms with van der Waals surface area (Å²) in [6.07, 6.45) is 3.06. The summed E-state index contributed by atoms with van der Waals surface area (Å²) in [5, 5.41) is 24.4. The quantitative estimate of drug-likeness (QED) is 0.688. The predicted octanol–water partition coefficient (Wildman–Crippen LogP) is 3.72. The first kappa shape index (κ1) is 14.5. The monoisotopic (exact) mass is 314 g/mol. The van der Waals surface area contributed by atoms with E-state index in [4.69, 9.17) is 5.26 Å². The molecule has 0 saturated heterocycles. The lowest BCUT2D eigenvalue weighted by Crippen LogP contribution is -2.15. The third-order valence-electron chi connectivity index (χ3n) is 3.71. The van der Waals surface area contributed by atoms with Gasteiger partial charge in [-0.3, -0.25) is 10.1 Å². The van der Waals surface area contributed by atoms with E-state index < -0.39 is 4.92 Å². The third kappa shape index (κ3) is 2.65. The summed E-state index contributed by atoms with van der Waals surface area (Å²) in [6.45, 7) is 2.00. The van der Waals surface area contributed by atoms with Crippen LogP contribution in [0.1, 0.15) is 40.0 Å². The van der Waals surface area contributed by atoms with Crippen molar-refractivity contribution in [1.82, 2.24) is 4.98 Å². The Hall–Kier alpha value is -2.46. The molecule has 0 spiro atoms. The van der Waals surface area contributed by atoms with Gasteiger partial charge in [0.1, 0.15) is 11.6 Å². The van der Waals surface area contributed by atoms with Gasteiger partial charge in [0.2, 0.25) is 0 Å². The predicted molar refractivity (Wildman–Crippen MR) is 84.0 cm³/mol. The van der Waals surface area contributed by atoms with Crippen LogP contribution in [0, 0.1) is 28.4 Å². The van der Waals surface area contributed by atoms with Crippen LogP contribution in [-0.2, 0) is 6.42 Å². The van der Waals surface area contributed by atoms with E-state index in [1.807, 2.05) is 13.0 Å². The van der Waals surface area contributed by atoms with Gasteiger partial charge >= 0.3 is 0 Å². The highest BCUT2D eigenvalue weighted by Crippen LogP contribution is 2.36. The van der Waals surface area contributed by atoms with Crippen LogP contribution in [0.5, 0.6) is 0 Å². The van der Waals surface area contributed by atoms with Crippen LogP contribution in [-0.4, -0.2) is 9.91 Å². The minimum atomic E-state index is -0.534. The van der Waals surface area contributed by atoms with Crippen LogP contribution >= 0.6 is 11.3 Å². The minimum Gasteiger partial charge on any atom is -0.377 e. The number of aromatic nitrogens is 1. The number of nitro benzene ring substituents is 1. The lowest BCUT2D eigenvalue weighted by Gasteiger charge is -2.23. The first-order valence-electron chi connectivity index (χ1n) is 7.00. The van der Waals surface area contributed by atoms with Gasteiger partial charge in [-0.2, -0.15) is 5.26 Å². The van der Waals surface area contributed by atoms with Gasteiger partial charge in [-0.25, -0.2) is 4.98 Å². The number of hydrogen-bond acceptors (Lipinski definition) is 6. The average molecular weight is 314 g/mol. The molecule has 1 heterocycles. The number of nitro groups is 1. The molecule has 1 atom stereocenters. The summed E-state index contributed by atoms with van der Waals surface area (Å²) in [5.41, 5.74) is 1.79. The Morgan fingerprint density at radius 3 is 3.09 bits per heavy atom. The molecule has 1 aromatic carbocycles. The lowest BCUT2D eigenvalue weighted by molar-refractivity contribution is -0.385. The zero-order chi connectivity index (χ0) is 15.7. The summed E-state index contributed by atoms with van der Waals surface area (Å²) >= 11 is 1.69. The molecule has 7 heteroatoms. The van der Waals surface area contributed by atoms with Crippen molar-refractivity contribution in [2.45, 2.75) is 32.2 Å². The highest BCUT2D eigenvalue weighted by Gasteiger charge is 2.24. The molecule has 2 aromatic rings. The fourth-order valence-corrected chi connectivity index (χ4v) is 3.81. The van der Waals surface area contributed by atoms with Gasteiger partial charge in [0.05, 0.1) is 26.5 Å². The Morgan fingerprint density at radius 2 is 2.36 bits per heavy atom. The first-order valence-corrected chi connectivity index (χ1v) is 7.81. The van der Waals surface area contributed by atoms with Crippen molar-refractivity contribution in [3.63, 3.8) is 0 Å². The zero-order valence-electron chi connectivity index (χ0n) is 12.0. The second kappa shape index (κ2) is 5.73. The number of anilines is 1. The summed E-state index contributed by atoms with van der Waals surface area (Å²) < 4.78 is 0. The highest BCUT2D eigenvalue weighted by atomic mass is 32.1. The number of aryl methyl sites for hydroxylation is 2. The summed E-state index contributed by atoms with van der Waals surface area (Å²) in [6, 6.07) is 6.62. The van der Waals surface area contributed by atoms with Gasteiger partial charge < -0.3 is 5.32 Å². The summed E-state index contributed by atoms with van der Waals surface area (Å²) in [7, 11) is 0. The molecule has 1 aliphatic rings.